The Morgan fingerprint density at radius 2 is 2.04 bits per heavy atom. The first-order chi connectivity index (χ1) is 11.6. The number of nitrogens with zero attached hydrogens (tertiary/aromatic N) is 5. The maximum absolute atomic E-state index is 9.11. The van der Waals surface area contributed by atoms with Crippen LogP contribution in [-0.4, -0.2) is 19.3 Å². The van der Waals surface area contributed by atoms with E-state index >= 15 is 0 Å². The summed E-state index contributed by atoms with van der Waals surface area (Å²) < 4.78 is 3.66. The minimum absolute atomic E-state index is 0.208. The SMILES string of the molecule is Cc1c(CN[C@@H](C)c2ccc(-n3cncn3)cc2)cc(C#N)n1C. The largest absolute Gasteiger partial charge is 0.340 e. The molecule has 0 saturated heterocycles. The van der Waals surface area contributed by atoms with Crippen molar-refractivity contribution >= 4 is 0 Å². The van der Waals surface area contributed by atoms with E-state index in [2.05, 4.69) is 40.5 Å². The average Bonchev–Trinajstić information content (AvgIpc) is 3.23. The van der Waals surface area contributed by atoms with Gasteiger partial charge in [-0.2, -0.15) is 10.4 Å². The van der Waals surface area contributed by atoms with Crippen molar-refractivity contribution in [3.63, 3.8) is 0 Å². The summed E-state index contributed by atoms with van der Waals surface area (Å²) in [7, 11) is 1.92. The normalized spacial score (nSPS) is 12.1. The lowest BCUT2D eigenvalue weighted by molar-refractivity contribution is 0.572. The number of hydrogen-bond donors (Lipinski definition) is 1. The monoisotopic (exact) mass is 320 g/mol. The minimum Gasteiger partial charge on any atom is -0.340 e. The van der Waals surface area contributed by atoms with Crippen LogP contribution < -0.4 is 5.32 Å². The van der Waals surface area contributed by atoms with Gasteiger partial charge in [0.05, 0.1) is 5.69 Å². The molecule has 0 saturated carbocycles. The van der Waals surface area contributed by atoms with Crippen molar-refractivity contribution < 1.29 is 0 Å². The van der Waals surface area contributed by atoms with Crippen LogP contribution in [0.3, 0.4) is 0 Å². The Kier molecular flexibility index (Phi) is 4.45. The number of nitrogens with one attached hydrogen (secondary N) is 1. The molecule has 0 aliphatic carbocycles. The number of benzene rings is 1. The molecule has 1 atom stereocenters. The topological polar surface area (TPSA) is 71.5 Å². The second-order valence-corrected chi connectivity index (χ2v) is 5.85. The van der Waals surface area contributed by atoms with E-state index in [-0.39, 0.29) is 6.04 Å². The Labute approximate surface area is 141 Å². The lowest BCUT2D eigenvalue weighted by atomic mass is 10.1. The maximum atomic E-state index is 9.11. The van der Waals surface area contributed by atoms with Gasteiger partial charge in [0, 0.05) is 25.3 Å². The van der Waals surface area contributed by atoms with Crippen LogP contribution in [0.1, 0.15) is 35.5 Å². The van der Waals surface area contributed by atoms with E-state index in [1.54, 1.807) is 11.0 Å². The molecule has 6 nitrogen and oxygen atoms in total. The molecule has 24 heavy (non-hydrogen) atoms. The molecule has 2 aromatic heterocycles. The zero-order valence-corrected chi connectivity index (χ0v) is 14.1. The molecule has 1 N–H and O–H groups in total. The smallest absolute Gasteiger partial charge is 0.138 e. The van der Waals surface area contributed by atoms with Gasteiger partial charge in [-0.1, -0.05) is 12.1 Å². The van der Waals surface area contributed by atoms with Crippen molar-refractivity contribution in [3.05, 3.63) is 65.5 Å². The molecule has 0 fully saturated rings. The van der Waals surface area contributed by atoms with Gasteiger partial charge in [-0.3, -0.25) is 0 Å². The molecular formula is C18H20N6. The zero-order chi connectivity index (χ0) is 17.1. The second-order valence-electron chi connectivity index (χ2n) is 5.85. The lowest BCUT2D eigenvalue weighted by Crippen LogP contribution is -2.18. The summed E-state index contributed by atoms with van der Waals surface area (Å²) in [6.07, 6.45) is 3.21. The first-order valence-electron chi connectivity index (χ1n) is 7.83. The average molecular weight is 320 g/mol. The van der Waals surface area contributed by atoms with Crippen LogP contribution in [0.2, 0.25) is 0 Å². The van der Waals surface area contributed by atoms with Crippen molar-refractivity contribution in [1.29, 1.82) is 5.26 Å². The number of nitriles is 1. The van der Waals surface area contributed by atoms with Crippen molar-refractivity contribution in [2.75, 3.05) is 0 Å². The van der Waals surface area contributed by atoms with Gasteiger partial charge in [-0.25, -0.2) is 9.67 Å². The predicted molar refractivity (Wildman–Crippen MR) is 91.5 cm³/mol. The van der Waals surface area contributed by atoms with Gasteiger partial charge in [0.1, 0.15) is 24.4 Å². The second kappa shape index (κ2) is 6.69. The van der Waals surface area contributed by atoms with Crippen LogP contribution in [0, 0.1) is 18.3 Å². The first kappa shape index (κ1) is 16.0. The summed E-state index contributed by atoms with van der Waals surface area (Å²) in [5, 5.41) is 16.8. The minimum atomic E-state index is 0.208. The van der Waals surface area contributed by atoms with Crippen LogP contribution in [0.25, 0.3) is 5.69 Å². The molecule has 2 heterocycles. The van der Waals surface area contributed by atoms with Gasteiger partial charge in [0.2, 0.25) is 0 Å². The Morgan fingerprint density at radius 3 is 2.62 bits per heavy atom. The van der Waals surface area contributed by atoms with E-state index in [9.17, 15) is 0 Å². The highest BCUT2D eigenvalue weighted by Gasteiger charge is 2.11. The van der Waals surface area contributed by atoms with Crippen molar-refractivity contribution in [2.45, 2.75) is 26.4 Å². The molecule has 1 aromatic carbocycles. The molecule has 0 bridgehead atoms. The lowest BCUT2D eigenvalue weighted by Gasteiger charge is -2.15. The van der Waals surface area contributed by atoms with Gasteiger partial charge < -0.3 is 9.88 Å². The van der Waals surface area contributed by atoms with E-state index in [4.69, 9.17) is 5.26 Å². The van der Waals surface area contributed by atoms with Gasteiger partial charge in [-0.05, 0) is 43.2 Å². The third kappa shape index (κ3) is 3.07. The van der Waals surface area contributed by atoms with Gasteiger partial charge >= 0.3 is 0 Å². The van der Waals surface area contributed by atoms with Crippen molar-refractivity contribution in [1.82, 2.24) is 24.6 Å². The summed E-state index contributed by atoms with van der Waals surface area (Å²) in [6.45, 7) is 4.90. The molecule has 0 radical (unpaired) electrons. The standard InChI is InChI=1S/C18H20N6/c1-13(21-10-16-8-18(9-19)23(3)14(16)2)15-4-6-17(7-5-15)24-12-20-11-22-24/h4-8,11-13,21H,10H2,1-3H3/t13-/m0/s1. The number of rotatable bonds is 5. The molecule has 3 aromatic rings. The fourth-order valence-corrected chi connectivity index (χ4v) is 2.69. The molecule has 0 spiro atoms. The molecular weight excluding hydrogens is 300 g/mol. The van der Waals surface area contributed by atoms with Gasteiger partial charge in [0.25, 0.3) is 0 Å². The van der Waals surface area contributed by atoms with Gasteiger partial charge in [0.15, 0.2) is 0 Å². The molecule has 122 valence electrons. The summed E-state index contributed by atoms with van der Waals surface area (Å²) in [6, 6.07) is 12.6. The van der Waals surface area contributed by atoms with Crippen LogP contribution in [-0.2, 0) is 13.6 Å². The van der Waals surface area contributed by atoms with E-state index in [0.29, 0.717) is 5.69 Å². The quantitative estimate of drug-likeness (QED) is 0.784. The van der Waals surface area contributed by atoms with E-state index < -0.39 is 0 Å². The Morgan fingerprint density at radius 1 is 1.29 bits per heavy atom. The highest BCUT2D eigenvalue weighted by molar-refractivity contribution is 5.36. The van der Waals surface area contributed by atoms with Crippen molar-refractivity contribution in [3.8, 4) is 11.8 Å². The summed E-state index contributed by atoms with van der Waals surface area (Å²) >= 11 is 0. The summed E-state index contributed by atoms with van der Waals surface area (Å²) in [5.41, 5.74) is 5.15. The Bertz CT molecular complexity index is 852. The third-order valence-electron chi connectivity index (χ3n) is 4.43. The fourth-order valence-electron chi connectivity index (χ4n) is 2.69. The Hall–Kier alpha value is -2.91. The fraction of sp³-hybridized carbons (Fsp3) is 0.278. The molecule has 0 aliphatic heterocycles. The van der Waals surface area contributed by atoms with Crippen LogP contribution in [0.5, 0.6) is 0 Å². The predicted octanol–water partition coefficient (Wildman–Crippen LogP) is 2.64. The molecule has 0 amide bonds. The molecule has 3 rings (SSSR count). The van der Waals surface area contributed by atoms with Crippen LogP contribution in [0.4, 0.5) is 0 Å². The summed E-state index contributed by atoms with van der Waals surface area (Å²) in [4.78, 5) is 3.96. The van der Waals surface area contributed by atoms with Crippen LogP contribution >= 0.6 is 0 Å². The first-order valence-corrected chi connectivity index (χ1v) is 7.83. The molecule has 0 aliphatic rings. The van der Waals surface area contributed by atoms with Crippen LogP contribution in [0.15, 0.2) is 43.0 Å². The van der Waals surface area contributed by atoms with E-state index in [0.717, 1.165) is 23.5 Å². The zero-order valence-electron chi connectivity index (χ0n) is 14.1. The highest BCUT2D eigenvalue weighted by atomic mass is 15.3. The molecule has 0 unspecified atom stereocenters. The number of hydrogen-bond acceptors (Lipinski definition) is 4. The Balaban J connectivity index is 1.67. The summed E-state index contributed by atoms with van der Waals surface area (Å²) in [5.74, 6) is 0. The highest BCUT2D eigenvalue weighted by Crippen LogP contribution is 2.18. The van der Waals surface area contributed by atoms with E-state index in [1.807, 2.05) is 36.7 Å². The number of aromatic nitrogens is 4. The van der Waals surface area contributed by atoms with Crippen molar-refractivity contribution in [2.24, 2.45) is 7.05 Å². The maximum Gasteiger partial charge on any atom is 0.138 e. The van der Waals surface area contributed by atoms with Gasteiger partial charge in [-0.15, -0.1) is 0 Å². The molecule has 6 heteroatoms. The van der Waals surface area contributed by atoms with E-state index in [1.165, 1.54) is 11.9 Å². The third-order valence-corrected chi connectivity index (χ3v) is 4.43.